The summed E-state index contributed by atoms with van der Waals surface area (Å²) in [4.78, 5) is 30.0. The molecule has 3 aromatic rings. The molecule has 31 heavy (non-hydrogen) atoms. The van der Waals surface area contributed by atoms with Crippen LogP contribution in [0.15, 0.2) is 42.5 Å². The molecule has 0 unspecified atom stereocenters. The molecule has 4 rings (SSSR count). The lowest BCUT2D eigenvalue weighted by molar-refractivity contribution is -0.117. The number of rotatable bonds is 5. The van der Waals surface area contributed by atoms with Gasteiger partial charge in [0, 0.05) is 47.0 Å². The molecule has 1 aromatic heterocycles. The maximum absolute atomic E-state index is 13.0. The minimum atomic E-state index is -0.0664. The van der Waals surface area contributed by atoms with Crippen LogP contribution in [0.3, 0.4) is 0 Å². The van der Waals surface area contributed by atoms with Crippen molar-refractivity contribution in [2.24, 2.45) is 0 Å². The molecule has 2 amide bonds. The van der Waals surface area contributed by atoms with Gasteiger partial charge in [-0.05, 0) is 30.2 Å². The number of halogens is 2. The minimum Gasteiger partial charge on any atom is -0.335 e. The zero-order valence-corrected chi connectivity index (χ0v) is 19.5. The van der Waals surface area contributed by atoms with Crippen molar-refractivity contribution in [1.82, 2.24) is 9.80 Å². The SMILES string of the molecule is CCc1ccccc1NC(=O)CN1CCN(C(=O)c2sc3cc(Cl)ccc3c2Cl)CC1. The Hall–Kier alpha value is -2.12. The highest BCUT2D eigenvalue weighted by Crippen LogP contribution is 2.37. The van der Waals surface area contributed by atoms with Crippen LogP contribution in [0.2, 0.25) is 10.0 Å². The Bertz CT molecular complexity index is 1120. The van der Waals surface area contributed by atoms with Crippen molar-refractivity contribution in [2.75, 3.05) is 38.0 Å². The first-order valence-corrected chi connectivity index (χ1v) is 11.8. The van der Waals surface area contributed by atoms with E-state index in [1.165, 1.54) is 11.3 Å². The number of hydrogen-bond donors (Lipinski definition) is 1. The van der Waals surface area contributed by atoms with Crippen molar-refractivity contribution in [2.45, 2.75) is 13.3 Å². The summed E-state index contributed by atoms with van der Waals surface area (Å²) < 4.78 is 0.906. The van der Waals surface area contributed by atoms with E-state index in [1.54, 1.807) is 11.0 Å². The topological polar surface area (TPSA) is 52.7 Å². The number of nitrogens with one attached hydrogen (secondary N) is 1. The number of hydrogen-bond acceptors (Lipinski definition) is 4. The van der Waals surface area contributed by atoms with Crippen LogP contribution in [0.25, 0.3) is 10.1 Å². The fourth-order valence-corrected chi connectivity index (χ4v) is 5.53. The number of carbonyl (C=O) groups is 2. The molecule has 1 N–H and O–H groups in total. The molecule has 0 spiro atoms. The fraction of sp³-hybridized carbons (Fsp3) is 0.304. The van der Waals surface area contributed by atoms with E-state index in [4.69, 9.17) is 23.2 Å². The minimum absolute atomic E-state index is 0.0369. The number of piperazine rings is 1. The standard InChI is InChI=1S/C23H23Cl2N3O2S/c1-2-15-5-3-4-6-18(15)26-20(29)14-27-9-11-28(12-10-27)23(30)22-21(25)17-8-7-16(24)13-19(17)31-22/h3-8,13H,2,9-12,14H2,1H3,(H,26,29). The van der Waals surface area contributed by atoms with E-state index < -0.39 is 0 Å². The zero-order chi connectivity index (χ0) is 22.0. The quantitative estimate of drug-likeness (QED) is 0.553. The molecule has 0 saturated carbocycles. The molecule has 0 atom stereocenters. The average Bonchev–Trinajstić information content (AvgIpc) is 3.09. The van der Waals surface area contributed by atoms with Gasteiger partial charge in [0.15, 0.2) is 0 Å². The van der Waals surface area contributed by atoms with Crippen LogP contribution < -0.4 is 5.32 Å². The van der Waals surface area contributed by atoms with Crippen molar-refractivity contribution in [3.63, 3.8) is 0 Å². The van der Waals surface area contributed by atoms with Crippen LogP contribution in [0.4, 0.5) is 5.69 Å². The van der Waals surface area contributed by atoms with Crippen LogP contribution in [0.1, 0.15) is 22.2 Å². The van der Waals surface area contributed by atoms with E-state index in [2.05, 4.69) is 17.1 Å². The van der Waals surface area contributed by atoms with Gasteiger partial charge in [0.1, 0.15) is 4.88 Å². The summed E-state index contributed by atoms with van der Waals surface area (Å²) in [6, 6.07) is 13.3. The van der Waals surface area contributed by atoms with E-state index in [0.29, 0.717) is 47.6 Å². The first-order chi connectivity index (χ1) is 15.0. The summed E-state index contributed by atoms with van der Waals surface area (Å²) in [6.07, 6.45) is 0.865. The Morgan fingerprint density at radius 1 is 1.06 bits per heavy atom. The van der Waals surface area contributed by atoms with Crippen LogP contribution in [-0.2, 0) is 11.2 Å². The van der Waals surface area contributed by atoms with Crippen molar-refractivity contribution in [3.05, 3.63) is 63.0 Å². The van der Waals surface area contributed by atoms with Gasteiger partial charge >= 0.3 is 0 Å². The molecule has 162 valence electrons. The second-order valence-corrected chi connectivity index (χ2v) is 9.38. The van der Waals surface area contributed by atoms with Gasteiger partial charge in [-0.3, -0.25) is 14.5 Å². The van der Waals surface area contributed by atoms with Crippen LogP contribution in [-0.4, -0.2) is 54.3 Å². The summed E-state index contributed by atoms with van der Waals surface area (Å²) in [5.41, 5.74) is 1.98. The van der Waals surface area contributed by atoms with Gasteiger partial charge in [-0.15, -0.1) is 11.3 Å². The Morgan fingerprint density at radius 3 is 2.55 bits per heavy atom. The average molecular weight is 476 g/mol. The molecular formula is C23H23Cl2N3O2S. The van der Waals surface area contributed by atoms with Crippen molar-refractivity contribution in [1.29, 1.82) is 0 Å². The van der Waals surface area contributed by atoms with Crippen LogP contribution in [0, 0.1) is 0 Å². The zero-order valence-electron chi connectivity index (χ0n) is 17.2. The van der Waals surface area contributed by atoms with Crippen molar-refractivity contribution >= 4 is 62.1 Å². The molecule has 5 nitrogen and oxygen atoms in total. The summed E-state index contributed by atoms with van der Waals surface area (Å²) in [7, 11) is 0. The Kier molecular flexibility index (Phi) is 6.82. The predicted octanol–water partition coefficient (Wildman–Crippen LogP) is 5.17. The number of amides is 2. The predicted molar refractivity (Wildman–Crippen MR) is 129 cm³/mol. The number of benzene rings is 2. The number of para-hydroxylation sites is 1. The lowest BCUT2D eigenvalue weighted by Gasteiger charge is -2.34. The summed E-state index contributed by atoms with van der Waals surface area (Å²) in [5.74, 6) is -0.103. The highest BCUT2D eigenvalue weighted by atomic mass is 35.5. The van der Waals surface area contributed by atoms with E-state index in [-0.39, 0.29) is 11.8 Å². The molecule has 0 aliphatic carbocycles. The fourth-order valence-electron chi connectivity index (χ4n) is 3.77. The Labute approximate surface area is 195 Å². The Balaban J connectivity index is 1.35. The summed E-state index contributed by atoms with van der Waals surface area (Å²) in [6.45, 7) is 4.78. The number of aryl methyl sites for hydroxylation is 1. The molecule has 2 heterocycles. The molecule has 2 aromatic carbocycles. The van der Waals surface area contributed by atoms with E-state index in [9.17, 15) is 9.59 Å². The molecule has 0 bridgehead atoms. The molecule has 1 fully saturated rings. The van der Waals surface area contributed by atoms with Gasteiger partial charge in [0.05, 0.1) is 11.6 Å². The van der Waals surface area contributed by atoms with Gasteiger partial charge < -0.3 is 10.2 Å². The molecule has 1 aliphatic heterocycles. The van der Waals surface area contributed by atoms with Gasteiger partial charge in [-0.2, -0.15) is 0 Å². The third kappa shape index (κ3) is 4.88. The summed E-state index contributed by atoms with van der Waals surface area (Å²) in [5, 5.41) is 4.96. The number of thiophene rings is 1. The van der Waals surface area contributed by atoms with Gasteiger partial charge in [0.25, 0.3) is 5.91 Å². The maximum atomic E-state index is 13.0. The lowest BCUT2D eigenvalue weighted by atomic mass is 10.1. The third-order valence-corrected chi connectivity index (χ3v) is 7.37. The monoisotopic (exact) mass is 475 g/mol. The smallest absolute Gasteiger partial charge is 0.265 e. The summed E-state index contributed by atoms with van der Waals surface area (Å²) >= 11 is 13.9. The van der Waals surface area contributed by atoms with Crippen molar-refractivity contribution < 1.29 is 9.59 Å². The van der Waals surface area contributed by atoms with Gasteiger partial charge in [-0.25, -0.2) is 0 Å². The molecule has 0 radical (unpaired) electrons. The van der Waals surface area contributed by atoms with Crippen LogP contribution >= 0.6 is 34.5 Å². The Morgan fingerprint density at radius 2 is 1.81 bits per heavy atom. The van der Waals surface area contributed by atoms with Gasteiger partial charge in [0.2, 0.25) is 5.91 Å². The molecule has 1 saturated heterocycles. The lowest BCUT2D eigenvalue weighted by Crippen LogP contribution is -2.50. The molecule has 1 aliphatic rings. The van der Waals surface area contributed by atoms with Gasteiger partial charge in [-0.1, -0.05) is 54.4 Å². The normalized spacial score (nSPS) is 14.7. The largest absolute Gasteiger partial charge is 0.335 e. The molecule has 8 heteroatoms. The third-order valence-electron chi connectivity index (χ3n) is 5.48. The van der Waals surface area contributed by atoms with E-state index in [0.717, 1.165) is 27.8 Å². The second kappa shape index (κ2) is 9.57. The van der Waals surface area contributed by atoms with E-state index >= 15 is 0 Å². The first kappa shape index (κ1) is 22.1. The van der Waals surface area contributed by atoms with Crippen molar-refractivity contribution in [3.8, 4) is 0 Å². The molecular weight excluding hydrogens is 453 g/mol. The number of fused-ring (bicyclic) bond motifs is 1. The number of anilines is 1. The number of nitrogens with zero attached hydrogens (tertiary/aromatic N) is 2. The first-order valence-electron chi connectivity index (χ1n) is 10.2. The maximum Gasteiger partial charge on any atom is 0.265 e. The van der Waals surface area contributed by atoms with Crippen LogP contribution in [0.5, 0.6) is 0 Å². The van der Waals surface area contributed by atoms with E-state index in [1.807, 2.05) is 36.4 Å². The second-order valence-electron chi connectivity index (χ2n) is 7.51. The highest BCUT2D eigenvalue weighted by molar-refractivity contribution is 7.21. The number of carbonyl (C=O) groups excluding carboxylic acids is 2. The highest BCUT2D eigenvalue weighted by Gasteiger charge is 2.27.